The van der Waals surface area contributed by atoms with E-state index in [-0.39, 0.29) is 11.9 Å². The van der Waals surface area contributed by atoms with Crippen molar-refractivity contribution in [2.45, 2.75) is 57.4 Å². The largest absolute Gasteiger partial charge is 0.360 e. The highest BCUT2D eigenvalue weighted by atomic mass is 16.1. The molecule has 2 heterocycles. The minimum Gasteiger partial charge on any atom is -0.360 e. The summed E-state index contributed by atoms with van der Waals surface area (Å²) in [6.45, 7) is 0. The number of nitrogens with zero attached hydrogens (tertiary/aromatic N) is 1. The summed E-state index contributed by atoms with van der Waals surface area (Å²) in [4.78, 5) is 19.4. The summed E-state index contributed by atoms with van der Waals surface area (Å²) in [5.74, 6) is 1.36. The van der Waals surface area contributed by atoms with E-state index in [0.29, 0.717) is 12.2 Å². The van der Waals surface area contributed by atoms with Gasteiger partial charge in [0.25, 0.3) is 0 Å². The molecule has 1 atom stereocenters. The van der Waals surface area contributed by atoms with Gasteiger partial charge < -0.3 is 16.0 Å². The fourth-order valence-electron chi connectivity index (χ4n) is 3.51. The Morgan fingerprint density at radius 2 is 2.22 bits per heavy atom. The normalized spacial score (nSPS) is 17.3. The van der Waals surface area contributed by atoms with Crippen LogP contribution in [0.1, 0.15) is 51.4 Å². The number of carbonyl (C=O) groups is 1. The van der Waals surface area contributed by atoms with E-state index in [9.17, 15) is 4.79 Å². The first-order chi connectivity index (χ1) is 11.2. The van der Waals surface area contributed by atoms with Crippen LogP contribution >= 0.6 is 0 Å². The van der Waals surface area contributed by atoms with Crippen LogP contribution in [0, 0.1) is 5.92 Å². The number of rotatable bonds is 6. The van der Waals surface area contributed by atoms with Gasteiger partial charge in [-0.3, -0.25) is 4.79 Å². The highest BCUT2D eigenvalue weighted by Crippen LogP contribution is 2.27. The summed E-state index contributed by atoms with van der Waals surface area (Å²) in [5, 5.41) is 3.91. The minimum atomic E-state index is -0.00789. The second-order valence-electron chi connectivity index (χ2n) is 6.72. The Hall–Kier alpha value is -1.88. The van der Waals surface area contributed by atoms with Crippen LogP contribution in [0.15, 0.2) is 24.5 Å². The summed E-state index contributed by atoms with van der Waals surface area (Å²) in [6.07, 6.45) is 12.5. The molecular weight excluding hydrogens is 288 g/mol. The van der Waals surface area contributed by atoms with Gasteiger partial charge in [-0.05, 0) is 30.9 Å². The molecule has 1 aliphatic carbocycles. The van der Waals surface area contributed by atoms with Gasteiger partial charge in [0.15, 0.2) is 0 Å². The van der Waals surface area contributed by atoms with E-state index >= 15 is 0 Å². The van der Waals surface area contributed by atoms with Gasteiger partial charge in [-0.2, -0.15) is 0 Å². The van der Waals surface area contributed by atoms with Gasteiger partial charge >= 0.3 is 0 Å². The zero-order valence-electron chi connectivity index (χ0n) is 13.6. The molecule has 1 amide bonds. The Balaban J connectivity index is 1.43. The average molecular weight is 314 g/mol. The lowest BCUT2D eigenvalue weighted by Crippen LogP contribution is -2.26. The number of nitrogens with one attached hydrogen (secondary N) is 2. The molecule has 4 N–H and O–H groups in total. The van der Waals surface area contributed by atoms with Crippen LogP contribution in [0.5, 0.6) is 0 Å². The predicted octanol–water partition coefficient (Wildman–Crippen LogP) is 3.58. The van der Waals surface area contributed by atoms with Gasteiger partial charge in [-0.15, -0.1) is 0 Å². The first-order valence-electron chi connectivity index (χ1n) is 8.69. The molecule has 0 saturated heterocycles. The lowest BCUT2D eigenvalue weighted by atomic mass is 9.84. The molecule has 0 radical (unpaired) electrons. The van der Waals surface area contributed by atoms with E-state index in [4.69, 9.17) is 5.73 Å². The Labute approximate surface area is 137 Å². The van der Waals surface area contributed by atoms with Crippen molar-refractivity contribution in [2.24, 2.45) is 11.7 Å². The number of amides is 1. The molecule has 5 heteroatoms. The second-order valence-corrected chi connectivity index (χ2v) is 6.72. The number of fused-ring (bicyclic) bond motifs is 1. The molecule has 3 rings (SSSR count). The minimum absolute atomic E-state index is 0.00789. The number of anilines is 1. The maximum absolute atomic E-state index is 12.1. The van der Waals surface area contributed by atoms with Crippen molar-refractivity contribution in [3.63, 3.8) is 0 Å². The maximum Gasteiger partial charge on any atom is 0.225 e. The molecule has 0 aliphatic heterocycles. The fourth-order valence-corrected chi connectivity index (χ4v) is 3.51. The Morgan fingerprint density at radius 3 is 3.04 bits per heavy atom. The van der Waals surface area contributed by atoms with Crippen LogP contribution < -0.4 is 11.1 Å². The van der Waals surface area contributed by atoms with Crippen molar-refractivity contribution in [1.29, 1.82) is 0 Å². The summed E-state index contributed by atoms with van der Waals surface area (Å²) in [6, 6.07) is 3.97. The first-order valence-corrected chi connectivity index (χ1v) is 8.69. The van der Waals surface area contributed by atoms with Crippen LogP contribution in [-0.4, -0.2) is 21.9 Å². The molecule has 124 valence electrons. The number of aromatic amines is 1. The van der Waals surface area contributed by atoms with Crippen molar-refractivity contribution in [3.05, 3.63) is 24.5 Å². The molecule has 0 bridgehead atoms. The van der Waals surface area contributed by atoms with Gasteiger partial charge in [-0.25, -0.2) is 4.98 Å². The van der Waals surface area contributed by atoms with Crippen molar-refractivity contribution in [3.8, 4) is 0 Å². The number of hydrogen-bond acceptors (Lipinski definition) is 3. The number of H-pyrrole nitrogens is 1. The smallest absolute Gasteiger partial charge is 0.225 e. The van der Waals surface area contributed by atoms with Gasteiger partial charge in [0.05, 0.1) is 11.7 Å². The topological polar surface area (TPSA) is 83.8 Å². The standard InChI is InChI=1S/C18H26N4O/c19-15(10-13-4-2-1-3-5-13)6-7-18(23)22-17-11-14-8-9-20-16(14)12-21-17/h8-9,11-13,15,20H,1-7,10,19H2,(H,21,22,23). The quantitative estimate of drug-likeness (QED) is 0.762. The molecule has 2 aromatic heterocycles. The Bertz CT molecular complexity index is 645. The molecule has 0 spiro atoms. The highest BCUT2D eigenvalue weighted by Gasteiger charge is 2.17. The summed E-state index contributed by atoms with van der Waals surface area (Å²) in [5.41, 5.74) is 7.18. The monoisotopic (exact) mass is 314 g/mol. The molecule has 2 aromatic rings. The highest BCUT2D eigenvalue weighted by molar-refractivity contribution is 5.92. The number of nitrogens with two attached hydrogens (primary N) is 1. The lowest BCUT2D eigenvalue weighted by molar-refractivity contribution is -0.116. The predicted molar refractivity (Wildman–Crippen MR) is 93.1 cm³/mol. The summed E-state index contributed by atoms with van der Waals surface area (Å²) >= 11 is 0. The summed E-state index contributed by atoms with van der Waals surface area (Å²) < 4.78 is 0. The maximum atomic E-state index is 12.1. The SMILES string of the molecule is NC(CCC(=O)Nc1cc2cc[nH]c2cn1)CC1CCCCC1. The summed E-state index contributed by atoms with van der Waals surface area (Å²) in [7, 11) is 0. The Morgan fingerprint density at radius 1 is 1.39 bits per heavy atom. The van der Waals surface area contributed by atoms with Crippen LogP contribution in [0.25, 0.3) is 10.9 Å². The van der Waals surface area contributed by atoms with E-state index in [1.165, 1.54) is 32.1 Å². The Kier molecular flexibility index (Phi) is 5.28. The van der Waals surface area contributed by atoms with E-state index in [1.54, 1.807) is 6.20 Å². The van der Waals surface area contributed by atoms with Crippen molar-refractivity contribution < 1.29 is 4.79 Å². The molecule has 5 nitrogen and oxygen atoms in total. The van der Waals surface area contributed by atoms with Gasteiger partial charge in [-0.1, -0.05) is 32.1 Å². The van der Waals surface area contributed by atoms with Gasteiger partial charge in [0.1, 0.15) is 5.82 Å². The van der Waals surface area contributed by atoms with E-state index in [2.05, 4.69) is 15.3 Å². The molecule has 0 aromatic carbocycles. The zero-order chi connectivity index (χ0) is 16.1. The molecule has 1 aliphatic rings. The van der Waals surface area contributed by atoms with E-state index in [0.717, 1.165) is 29.7 Å². The molecule has 1 saturated carbocycles. The van der Waals surface area contributed by atoms with Crippen molar-refractivity contribution in [2.75, 3.05) is 5.32 Å². The fraction of sp³-hybridized carbons (Fsp3) is 0.556. The third kappa shape index (κ3) is 4.55. The molecule has 1 fully saturated rings. The molecular formula is C18H26N4O. The number of pyridine rings is 1. The van der Waals surface area contributed by atoms with Crippen molar-refractivity contribution >= 4 is 22.6 Å². The van der Waals surface area contributed by atoms with E-state index < -0.39 is 0 Å². The third-order valence-electron chi connectivity index (χ3n) is 4.81. The zero-order valence-corrected chi connectivity index (χ0v) is 13.6. The van der Waals surface area contributed by atoms with Crippen LogP contribution in [0.2, 0.25) is 0 Å². The third-order valence-corrected chi connectivity index (χ3v) is 4.81. The number of carbonyl (C=O) groups excluding carboxylic acids is 1. The molecule has 1 unspecified atom stereocenters. The van der Waals surface area contributed by atoms with Gasteiger partial charge in [0, 0.05) is 24.0 Å². The molecule has 23 heavy (non-hydrogen) atoms. The lowest BCUT2D eigenvalue weighted by Gasteiger charge is -2.24. The van der Waals surface area contributed by atoms with Crippen LogP contribution in [0.3, 0.4) is 0 Å². The van der Waals surface area contributed by atoms with Crippen molar-refractivity contribution in [1.82, 2.24) is 9.97 Å². The van der Waals surface area contributed by atoms with Gasteiger partial charge in [0.2, 0.25) is 5.91 Å². The van der Waals surface area contributed by atoms with E-state index in [1.807, 2.05) is 18.3 Å². The number of hydrogen-bond donors (Lipinski definition) is 3. The van der Waals surface area contributed by atoms with Crippen LogP contribution in [-0.2, 0) is 4.79 Å². The second kappa shape index (κ2) is 7.59. The average Bonchev–Trinajstić information content (AvgIpc) is 3.01. The van der Waals surface area contributed by atoms with Crippen LogP contribution in [0.4, 0.5) is 5.82 Å². The first kappa shape index (κ1) is 16.0. The number of aromatic nitrogens is 2.